The first-order valence-corrected chi connectivity index (χ1v) is 11.8. The Hall–Kier alpha value is -4.10. The third-order valence-electron chi connectivity index (χ3n) is 5.15. The number of esters is 1. The molecule has 0 bridgehead atoms. The van der Waals surface area contributed by atoms with Gasteiger partial charge in [-0.1, -0.05) is 48.0 Å². The van der Waals surface area contributed by atoms with Gasteiger partial charge in [0.25, 0.3) is 0 Å². The van der Waals surface area contributed by atoms with Crippen LogP contribution >= 0.6 is 11.9 Å². The van der Waals surface area contributed by atoms with E-state index in [0.717, 1.165) is 10.5 Å². The number of nitrogen functional groups attached to an aromatic ring is 1. The van der Waals surface area contributed by atoms with Crippen molar-refractivity contribution in [1.82, 2.24) is 0 Å². The van der Waals surface area contributed by atoms with Gasteiger partial charge in [-0.2, -0.15) is 0 Å². The fourth-order valence-electron chi connectivity index (χ4n) is 3.25. The van der Waals surface area contributed by atoms with Crippen LogP contribution in [0.15, 0.2) is 95.9 Å². The fourth-order valence-corrected chi connectivity index (χ4v) is 3.93. The zero-order valence-corrected chi connectivity index (χ0v) is 20.3. The van der Waals surface area contributed by atoms with Gasteiger partial charge in [-0.25, -0.2) is 4.79 Å². The van der Waals surface area contributed by atoms with E-state index in [9.17, 15) is 4.79 Å². The van der Waals surface area contributed by atoms with E-state index in [0.29, 0.717) is 40.8 Å². The predicted octanol–water partition coefficient (Wildman–Crippen LogP) is 6.85. The predicted molar refractivity (Wildman–Crippen MR) is 140 cm³/mol. The monoisotopic (exact) mass is 486 g/mol. The first-order chi connectivity index (χ1) is 17.0. The number of methoxy groups -OCH3 is 1. The molecule has 0 heterocycles. The number of nitrogens with two attached hydrogens (primary N) is 1. The summed E-state index contributed by atoms with van der Waals surface area (Å²) in [5, 5.41) is 0. The molecule has 0 saturated heterocycles. The molecule has 6 nitrogen and oxygen atoms in total. The van der Waals surface area contributed by atoms with Crippen molar-refractivity contribution >= 4 is 29.3 Å². The summed E-state index contributed by atoms with van der Waals surface area (Å²) >= 11 is 1.41. The first kappa shape index (κ1) is 24.0. The molecule has 4 aromatic carbocycles. The van der Waals surface area contributed by atoms with Gasteiger partial charge in [0.05, 0.1) is 24.0 Å². The van der Waals surface area contributed by atoms with Gasteiger partial charge in [0.2, 0.25) is 0 Å². The molecule has 0 radical (unpaired) electrons. The third-order valence-corrected chi connectivity index (χ3v) is 5.98. The lowest BCUT2D eigenvalue weighted by molar-refractivity contribution is 0.0601. The lowest BCUT2D eigenvalue weighted by atomic mass is 10.1. The van der Waals surface area contributed by atoms with Crippen LogP contribution < -0.4 is 19.9 Å². The van der Waals surface area contributed by atoms with Crippen molar-refractivity contribution in [2.24, 2.45) is 0 Å². The minimum Gasteiger partial charge on any atom is -0.487 e. The van der Waals surface area contributed by atoms with Crippen molar-refractivity contribution in [3.63, 3.8) is 0 Å². The van der Waals surface area contributed by atoms with Crippen LogP contribution in [0.5, 0.6) is 17.2 Å². The summed E-state index contributed by atoms with van der Waals surface area (Å²) in [6.07, 6.45) is 0. The van der Waals surface area contributed by atoms with Crippen molar-refractivity contribution in [2.75, 3.05) is 17.6 Å². The van der Waals surface area contributed by atoms with Gasteiger partial charge in [0.1, 0.15) is 23.9 Å². The van der Waals surface area contributed by atoms with E-state index in [1.54, 1.807) is 36.4 Å². The molecule has 0 unspecified atom stereocenters. The highest BCUT2D eigenvalue weighted by atomic mass is 32.2. The second-order valence-electron chi connectivity index (χ2n) is 7.79. The summed E-state index contributed by atoms with van der Waals surface area (Å²) in [6.45, 7) is 2.43. The number of hydrogen-bond acceptors (Lipinski definition) is 7. The van der Waals surface area contributed by atoms with Crippen molar-refractivity contribution in [2.45, 2.75) is 18.4 Å². The van der Waals surface area contributed by atoms with Gasteiger partial charge in [0.15, 0.2) is 0 Å². The molecule has 0 aliphatic heterocycles. The molecular formula is C28H26N2O4S. The lowest BCUT2D eigenvalue weighted by Gasteiger charge is -2.14. The number of carbonyl (C=O) groups excluding carboxylic acids is 1. The van der Waals surface area contributed by atoms with Crippen molar-refractivity contribution in [1.29, 1.82) is 0 Å². The summed E-state index contributed by atoms with van der Waals surface area (Å²) in [4.78, 5) is 13.5. The molecule has 4 rings (SSSR count). The molecule has 7 heteroatoms. The molecule has 0 aliphatic rings. The van der Waals surface area contributed by atoms with Gasteiger partial charge in [-0.3, -0.25) is 0 Å². The van der Waals surface area contributed by atoms with Crippen LogP contribution in [0.3, 0.4) is 0 Å². The highest BCUT2D eigenvalue weighted by Crippen LogP contribution is 2.33. The van der Waals surface area contributed by atoms with Crippen LogP contribution in [-0.2, 0) is 11.3 Å². The van der Waals surface area contributed by atoms with Crippen molar-refractivity contribution < 1.29 is 19.0 Å². The number of carbonyl (C=O) groups is 1. The average molecular weight is 487 g/mol. The van der Waals surface area contributed by atoms with Crippen LogP contribution in [-0.4, -0.2) is 13.1 Å². The zero-order valence-electron chi connectivity index (χ0n) is 19.5. The molecule has 0 fully saturated rings. The number of aryl methyl sites for hydroxylation is 1. The Kier molecular flexibility index (Phi) is 7.80. The largest absolute Gasteiger partial charge is 0.487 e. The summed E-state index contributed by atoms with van der Waals surface area (Å²) in [6, 6.07) is 28.4. The standard InChI is InChI=1S/C28H26N2O4S/c1-19-8-12-23(13-9-19)35-30-26-15-11-21(16-24(26)28(31)32-2)34-22-10-14-25(29)27(17-22)33-18-20-6-4-3-5-7-20/h3-17,30H,18,29H2,1-2H3. The number of hydrogen-bond donors (Lipinski definition) is 2. The van der Waals surface area contributed by atoms with Gasteiger partial charge in [-0.15, -0.1) is 0 Å². The van der Waals surface area contributed by atoms with E-state index < -0.39 is 5.97 Å². The number of ether oxygens (including phenoxy) is 3. The number of benzene rings is 4. The molecule has 178 valence electrons. The highest BCUT2D eigenvalue weighted by molar-refractivity contribution is 8.00. The first-order valence-electron chi connectivity index (χ1n) is 11.0. The maximum Gasteiger partial charge on any atom is 0.340 e. The zero-order chi connectivity index (χ0) is 24.6. The van der Waals surface area contributed by atoms with Gasteiger partial charge >= 0.3 is 5.97 Å². The Labute approximate surface area is 209 Å². The van der Waals surface area contributed by atoms with Crippen molar-refractivity contribution in [3.05, 3.63) is 108 Å². The Morgan fingerprint density at radius 1 is 0.914 bits per heavy atom. The normalized spacial score (nSPS) is 10.5. The van der Waals surface area contributed by atoms with E-state index in [4.69, 9.17) is 19.9 Å². The third kappa shape index (κ3) is 6.49. The van der Waals surface area contributed by atoms with E-state index in [1.165, 1.54) is 24.6 Å². The molecule has 0 aromatic heterocycles. The fraction of sp³-hybridized carbons (Fsp3) is 0.107. The smallest absolute Gasteiger partial charge is 0.340 e. The van der Waals surface area contributed by atoms with Crippen molar-refractivity contribution in [3.8, 4) is 17.2 Å². The second kappa shape index (κ2) is 11.4. The number of nitrogens with one attached hydrogen (secondary N) is 1. The maximum absolute atomic E-state index is 12.5. The number of rotatable bonds is 9. The second-order valence-corrected chi connectivity index (χ2v) is 8.67. The highest BCUT2D eigenvalue weighted by Gasteiger charge is 2.15. The quantitative estimate of drug-likeness (QED) is 0.152. The summed E-state index contributed by atoms with van der Waals surface area (Å²) < 4.78 is 20.1. The Morgan fingerprint density at radius 2 is 1.63 bits per heavy atom. The molecular weight excluding hydrogens is 460 g/mol. The summed E-state index contributed by atoms with van der Waals surface area (Å²) in [5.41, 5.74) is 9.80. The molecule has 0 atom stereocenters. The van der Waals surface area contributed by atoms with Crippen LogP contribution in [0.2, 0.25) is 0 Å². The Balaban J connectivity index is 1.49. The molecule has 0 aliphatic carbocycles. The Morgan fingerprint density at radius 3 is 2.37 bits per heavy atom. The minimum atomic E-state index is -0.466. The average Bonchev–Trinajstić information content (AvgIpc) is 2.89. The molecule has 35 heavy (non-hydrogen) atoms. The van der Waals surface area contributed by atoms with Crippen LogP contribution in [0.1, 0.15) is 21.5 Å². The molecule has 0 spiro atoms. The van der Waals surface area contributed by atoms with E-state index >= 15 is 0 Å². The van der Waals surface area contributed by atoms with Crippen LogP contribution in [0.25, 0.3) is 0 Å². The van der Waals surface area contributed by atoms with E-state index in [-0.39, 0.29) is 0 Å². The van der Waals surface area contributed by atoms with Gasteiger partial charge < -0.3 is 24.7 Å². The molecule has 3 N–H and O–H groups in total. The van der Waals surface area contributed by atoms with Gasteiger partial charge in [-0.05, 0) is 66.9 Å². The molecule has 0 amide bonds. The van der Waals surface area contributed by atoms with E-state index in [2.05, 4.69) is 4.72 Å². The van der Waals surface area contributed by atoms with Gasteiger partial charge in [0, 0.05) is 11.0 Å². The minimum absolute atomic E-state index is 0.362. The topological polar surface area (TPSA) is 82.8 Å². The SMILES string of the molecule is COC(=O)c1cc(Oc2ccc(N)c(OCc3ccccc3)c2)ccc1NSc1ccc(C)cc1. The summed E-state index contributed by atoms with van der Waals surface area (Å²) in [7, 11) is 1.35. The number of anilines is 2. The lowest BCUT2D eigenvalue weighted by Crippen LogP contribution is -2.05. The van der Waals surface area contributed by atoms with E-state index in [1.807, 2.05) is 61.5 Å². The van der Waals surface area contributed by atoms with Crippen LogP contribution in [0.4, 0.5) is 11.4 Å². The maximum atomic E-state index is 12.5. The molecule has 4 aromatic rings. The Bertz CT molecular complexity index is 1290. The summed E-state index contributed by atoms with van der Waals surface area (Å²) in [5.74, 6) is 1.07. The van der Waals surface area contributed by atoms with Crippen LogP contribution in [0, 0.1) is 6.92 Å². The molecule has 0 saturated carbocycles.